The highest BCUT2D eigenvalue weighted by atomic mass is 35.5. The van der Waals surface area contributed by atoms with Crippen LogP contribution in [0.25, 0.3) is 0 Å². The van der Waals surface area contributed by atoms with E-state index in [4.69, 9.17) is 16.3 Å². The summed E-state index contributed by atoms with van der Waals surface area (Å²) in [7, 11) is 1.37. The lowest BCUT2D eigenvalue weighted by atomic mass is 10.1. The summed E-state index contributed by atoms with van der Waals surface area (Å²) in [5.41, 5.74) is 2.59. The number of esters is 1. The lowest BCUT2D eigenvalue weighted by Crippen LogP contribution is -2.15. The molecule has 0 radical (unpaired) electrons. The SMILES string of the molecule is COC(=O)c1c(NC(=O)CCc2cccc(Cl)c2)sc2c1CCC2. The summed E-state index contributed by atoms with van der Waals surface area (Å²) in [5.74, 6) is -0.486. The van der Waals surface area contributed by atoms with Crippen molar-refractivity contribution in [1.82, 2.24) is 0 Å². The van der Waals surface area contributed by atoms with Gasteiger partial charge in [0.1, 0.15) is 5.00 Å². The molecule has 24 heavy (non-hydrogen) atoms. The number of methoxy groups -OCH3 is 1. The zero-order valence-electron chi connectivity index (χ0n) is 13.4. The first-order valence-corrected chi connectivity index (χ1v) is 9.05. The Hall–Kier alpha value is -1.85. The maximum atomic E-state index is 12.3. The third-order valence-corrected chi connectivity index (χ3v) is 5.54. The highest BCUT2D eigenvalue weighted by Gasteiger charge is 2.27. The lowest BCUT2D eigenvalue weighted by molar-refractivity contribution is -0.116. The van der Waals surface area contributed by atoms with Crippen LogP contribution in [0, 0.1) is 0 Å². The number of hydrogen-bond donors (Lipinski definition) is 1. The highest BCUT2D eigenvalue weighted by Crippen LogP contribution is 2.39. The second kappa shape index (κ2) is 7.36. The van der Waals surface area contributed by atoms with Gasteiger partial charge in [0, 0.05) is 16.3 Å². The molecule has 1 heterocycles. The summed E-state index contributed by atoms with van der Waals surface area (Å²) in [5, 5.41) is 4.16. The van der Waals surface area contributed by atoms with Crippen molar-refractivity contribution in [2.45, 2.75) is 32.1 Å². The van der Waals surface area contributed by atoms with Crippen LogP contribution >= 0.6 is 22.9 Å². The van der Waals surface area contributed by atoms with E-state index in [2.05, 4.69) is 5.32 Å². The van der Waals surface area contributed by atoms with Crippen LogP contribution in [0.15, 0.2) is 24.3 Å². The van der Waals surface area contributed by atoms with Crippen LogP contribution in [0.2, 0.25) is 5.02 Å². The zero-order valence-corrected chi connectivity index (χ0v) is 14.9. The van der Waals surface area contributed by atoms with Crippen LogP contribution in [-0.2, 0) is 28.8 Å². The predicted molar refractivity (Wildman–Crippen MR) is 96.1 cm³/mol. The van der Waals surface area contributed by atoms with E-state index in [9.17, 15) is 9.59 Å². The molecule has 1 amide bonds. The van der Waals surface area contributed by atoms with Crippen molar-refractivity contribution in [1.29, 1.82) is 0 Å². The molecule has 126 valence electrons. The molecule has 6 heteroatoms. The summed E-state index contributed by atoms with van der Waals surface area (Å²) in [6.07, 6.45) is 3.82. The first kappa shape index (κ1) is 17.0. The quantitative estimate of drug-likeness (QED) is 0.808. The maximum absolute atomic E-state index is 12.3. The van der Waals surface area contributed by atoms with Crippen LogP contribution in [-0.4, -0.2) is 19.0 Å². The van der Waals surface area contributed by atoms with Crippen molar-refractivity contribution >= 4 is 39.8 Å². The molecule has 0 fully saturated rings. The molecular formula is C18H18ClNO3S. The first-order chi connectivity index (χ1) is 11.6. The van der Waals surface area contributed by atoms with E-state index < -0.39 is 0 Å². The third kappa shape index (κ3) is 3.62. The van der Waals surface area contributed by atoms with E-state index in [1.54, 1.807) is 6.07 Å². The van der Waals surface area contributed by atoms with Crippen LogP contribution in [0.3, 0.4) is 0 Å². The van der Waals surface area contributed by atoms with E-state index in [0.717, 1.165) is 30.4 Å². The van der Waals surface area contributed by atoms with Gasteiger partial charge in [0.2, 0.25) is 5.91 Å². The molecule has 0 unspecified atom stereocenters. The van der Waals surface area contributed by atoms with Gasteiger partial charge in [0.05, 0.1) is 12.7 Å². The van der Waals surface area contributed by atoms with Gasteiger partial charge in [-0.1, -0.05) is 23.7 Å². The second-order valence-corrected chi connectivity index (χ2v) is 7.27. The largest absolute Gasteiger partial charge is 0.465 e. The number of ether oxygens (including phenoxy) is 1. The molecule has 1 aromatic heterocycles. The molecule has 0 atom stereocenters. The van der Waals surface area contributed by atoms with Gasteiger partial charge in [-0.25, -0.2) is 4.79 Å². The van der Waals surface area contributed by atoms with Crippen LogP contribution in [0.5, 0.6) is 0 Å². The van der Waals surface area contributed by atoms with Crippen molar-refractivity contribution in [3.05, 3.63) is 50.9 Å². The molecule has 0 aliphatic heterocycles. The Labute approximate surface area is 149 Å². The zero-order chi connectivity index (χ0) is 17.1. The number of halogens is 1. The first-order valence-electron chi connectivity index (χ1n) is 7.85. The van der Waals surface area contributed by atoms with Crippen LogP contribution < -0.4 is 5.32 Å². The van der Waals surface area contributed by atoms with Crippen molar-refractivity contribution in [3.63, 3.8) is 0 Å². The number of thiophene rings is 1. The minimum absolute atomic E-state index is 0.111. The van der Waals surface area contributed by atoms with Gasteiger partial charge < -0.3 is 10.1 Å². The van der Waals surface area contributed by atoms with Crippen molar-refractivity contribution < 1.29 is 14.3 Å². The molecule has 3 rings (SSSR count). The molecular weight excluding hydrogens is 346 g/mol. The Morgan fingerprint density at radius 3 is 2.92 bits per heavy atom. The fourth-order valence-electron chi connectivity index (χ4n) is 2.95. The average Bonchev–Trinajstić information content (AvgIpc) is 3.13. The Kier molecular flexibility index (Phi) is 5.21. The van der Waals surface area contributed by atoms with Crippen molar-refractivity contribution in [2.24, 2.45) is 0 Å². The molecule has 0 spiro atoms. The van der Waals surface area contributed by atoms with E-state index in [-0.39, 0.29) is 11.9 Å². The molecule has 2 aromatic rings. The molecule has 1 aliphatic carbocycles. The smallest absolute Gasteiger partial charge is 0.341 e. The van der Waals surface area contributed by atoms with Crippen molar-refractivity contribution in [3.8, 4) is 0 Å². The fraction of sp³-hybridized carbons (Fsp3) is 0.333. The average molecular weight is 364 g/mol. The van der Waals surface area contributed by atoms with Crippen molar-refractivity contribution in [2.75, 3.05) is 12.4 Å². The summed E-state index contributed by atoms with van der Waals surface area (Å²) in [6.45, 7) is 0. The molecule has 1 N–H and O–H groups in total. The number of nitrogens with one attached hydrogen (secondary N) is 1. The number of carbonyl (C=O) groups is 2. The highest BCUT2D eigenvalue weighted by molar-refractivity contribution is 7.17. The number of anilines is 1. The second-order valence-electron chi connectivity index (χ2n) is 5.73. The number of amides is 1. The van der Waals surface area contributed by atoms with Crippen LogP contribution in [0.1, 0.15) is 39.2 Å². The van der Waals surface area contributed by atoms with E-state index >= 15 is 0 Å². The molecule has 0 bridgehead atoms. The Balaban J connectivity index is 1.69. The summed E-state index contributed by atoms with van der Waals surface area (Å²) in [4.78, 5) is 25.5. The third-order valence-electron chi connectivity index (χ3n) is 4.09. The minimum Gasteiger partial charge on any atom is -0.465 e. The van der Waals surface area contributed by atoms with Gasteiger partial charge in [-0.3, -0.25) is 4.79 Å². The Morgan fingerprint density at radius 2 is 2.17 bits per heavy atom. The predicted octanol–water partition coefficient (Wildman–Crippen LogP) is 4.25. The minimum atomic E-state index is -0.375. The number of carbonyl (C=O) groups excluding carboxylic acids is 2. The number of rotatable bonds is 5. The Morgan fingerprint density at radius 1 is 1.33 bits per heavy atom. The summed E-state index contributed by atoms with van der Waals surface area (Å²) in [6, 6.07) is 7.48. The van der Waals surface area contributed by atoms with E-state index in [0.29, 0.717) is 28.4 Å². The molecule has 0 saturated heterocycles. The van der Waals surface area contributed by atoms with Gasteiger partial charge in [-0.15, -0.1) is 11.3 Å². The number of fused-ring (bicyclic) bond motifs is 1. The molecule has 4 nitrogen and oxygen atoms in total. The topological polar surface area (TPSA) is 55.4 Å². The number of aryl methyl sites for hydroxylation is 2. The molecule has 1 aliphatic rings. The standard InChI is InChI=1S/C18H18ClNO3S/c1-23-18(22)16-13-6-3-7-14(13)24-17(16)20-15(21)9-8-11-4-2-5-12(19)10-11/h2,4-5,10H,3,6-9H2,1H3,(H,20,21). The Bertz CT molecular complexity index is 785. The van der Waals surface area contributed by atoms with Gasteiger partial charge in [-0.2, -0.15) is 0 Å². The van der Waals surface area contributed by atoms with Gasteiger partial charge in [0.25, 0.3) is 0 Å². The molecule has 1 aromatic carbocycles. The fourth-order valence-corrected chi connectivity index (χ4v) is 4.46. The monoisotopic (exact) mass is 363 g/mol. The van der Waals surface area contributed by atoms with Gasteiger partial charge in [-0.05, 0) is 48.9 Å². The van der Waals surface area contributed by atoms with Gasteiger partial charge in [0.15, 0.2) is 0 Å². The number of hydrogen-bond acceptors (Lipinski definition) is 4. The van der Waals surface area contributed by atoms with Gasteiger partial charge >= 0.3 is 5.97 Å². The lowest BCUT2D eigenvalue weighted by Gasteiger charge is -2.07. The summed E-state index contributed by atoms with van der Waals surface area (Å²) < 4.78 is 4.89. The molecule has 0 saturated carbocycles. The normalized spacial score (nSPS) is 12.8. The van der Waals surface area contributed by atoms with E-state index in [1.807, 2.05) is 18.2 Å². The number of benzene rings is 1. The van der Waals surface area contributed by atoms with Crippen LogP contribution in [0.4, 0.5) is 5.00 Å². The maximum Gasteiger partial charge on any atom is 0.341 e. The summed E-state index contributed by atoms with van der Waals surface area (Å²) >= 11 is 7.44. The van der Waals surface area contributed by atoms with E-state index in [1.165, 1.54) is 23.3 Å².